The summed E-state index contributed by atoms with van der Waals surface area (Å²) in [5.74, 6) is -0.157. The summed E-state index contributed by atoms with van der Waals surface area (Å²) in [6.45, 7) is 2.14. The number of phenols is 1. The van der Waals surface area contributed by atoms with Gasteiger partial charge in [0, 0.05) is 17.8 Å². The highest BCUT2D eigenvalue weighted by Gasteiger charge is 2.09. The van der Waals surface area contributed by atoms with Crippen molar-refractivity contribution in [2.45, 2.75) is 13.5 Å². The Hall–Kier alpha value is -2.33. The highest BCUT2D eigenvalue weighted by Crippen LogP contribution is 2.20. The predicted molar refractivity (Wildman–Crippen MR) is 75.1 cm³/mol. The zero-order valence-corrected chi connectivity index (χ0v) is 10.7. The van der Waals surface area contributed by atoms with Gasteiger partial charge in [-0.15, -0.1) is 0 Å². The topological polar surface area (TPSA) is 75.4 Å². The van der Waals surface area contributed by atoms with E-state index in [4.69, 9.17) is 5.73 Å². The van der Waals surface area contributed by atoms with Gasteiger partial charge in [0.1, 0.15) is 5.75 Å². The lowest BCUT2D eigenvalue weighted by molar-refractivity contribution is 0.102. The molecule has 2 rings (SSSR count). The van der Waals surface area contributed by atoms with Crippen LogP contribution in [0.4, 0.5) is 5.69 Å². The smallest absolute Gasteiger partial charge is 0.255 e. The molecule has 19 heavy (non-hydrogen) atoms. The van der Waals surface area contributed by atoms with Crippen LogP contribution in [0.5, 0.6) is 5.75 Å². The average molecular weight is 256 g/mol. The van der Waals surface area contributed by atoms with E-state index < -0.39 is 0 Å². The number of aryl methyl sites for hydroxylation is 1. The minimum atomic E-state index is -0.267. The Morgan fingerprint density at radius 3 is 2.68 bits per heavy atom. The van der Waals surface area contributed by atoms with E-state index in [2.05, 4.69) is 5.32 Å². The first-order valence-corrected chi connectivity index (χ1v) is 6.00. The van der Waals surface area contributed by atoms with Crippen LogP contribution in [0.2, 0.25) is 0 Å². The molecule has 0 radical (unpaired) electrons. The Morgan fingerprint density at radius 1 is 1.26 bits per heavy atom. The van der Waals surface area contributed by atoms with E-state index in [0.717, 1.165) is 11.1 Å². The van der Waals surface area contributed by atoms with Crippen molar-refractivity contribution in [3.8, 4) is 5.75 Å². The van der Waals surface area contributed by atoms with Crippen LogP contribution < -0.4 is 11.1 Å². The highest BCUT2D eigenvalue weighted by atomic mass is 16.3. The zero-order chi connectivity index (χ0) is 13.8. The summed E-state index contributed by atoms with van der Waals surface area (Å²) >= 11 is 0. The van der Waals surface area contributed by atoms with Gasteiger partial charge in [0.25, 0.3) is 5.91 Å². The number of anilines is 1. The van der Waals surface area contributed by atoms with Crippen LogP contribution in [0, 0.1) is 6.92 Å². The maximum absolute atomic E-state index is 12.1. The van der Waals surface area contributed by atoms with Crippen LogP contribution in [-0.4, -0.2) is 11.0 Å². The largest absolute Gasteiger partial charge is 0.508 e. The maximum Gasteiger partial charge on any atom is 0.255 e. The summed E-state index contributed by atoms with van der Waals surface area (Å²) in [4.78, 5) is 12.1. The molecule has 0 aliphatic carbocycles. The molecule has 0 bridgehead atoms. The molecule has 0 fully saturated rings. The fourth-order valence-electron chi connectivity index (χ4n) is 1.77. The van der Waals surface area contributed by atoms with Gasteiger partial charge in [0.2, 0.25) is 0 Å². The van der Waals surface area contributed by atoms with Crippen molar-refractivity contribution >= 4 is 11.6 Å². The minimum absolute atomic E-state index is 0.111. The monoisotopic (exact) mass is 256 g/mol. The number of carbonyl (C=O) groups is 1. The second kappa shape index (κ2) is 5.54. The molecule has 0 unspecified atom stereocenters. The number of benzene rings is 2. The van der Waals surface area contributed by atoms with Crippen molar-refractivity contribution in [2.75, 3.05) is 5.32 Å². The molecule has 0 aromatic heterocycles. The number of amides is 1. The molecular weight excluding hydrogens is 240 g/mol. The predicted octanol–water partition coefficient (Wildman–Crippen LogP) is 2.41. The number of nitrogens with two attached hydrogens (primary N) is 1. The van der Waals surface area contributed by atoms with Gasteiger partial charge in [-0.1, -0.05) is 24.3 Å². The van der Waals surface area contributed by atoms with Gasteiger partial charge in [-0.25, -0.2) is 0 Å². The third-order valence-electron chi connectivity index (χ3n) is 2.96. The normalized spacial score (nSPS) is 10.2. The number of para-hydroxylation sites is 1. The quantitative estimate of drug-likeness (QED) is 0.789. The molecular formula is C15H16N2O2. The number of aromatic hydroxyl groups is 1. The van der Waals surface area contributed by atoms with Crippen molar-refractivity contribution in [3.63, 3.8) is 0 Å². The Morgan fingerprint density at radius 2 is 2.00 bits per heavy atom. The lowest BCUT2D eigenvalue weighted by Crippen LogP contribution is -2.14. The summed E-state index contributed by atoms with van der Waals surface area (Å²) in [5, 5.41) is 12.4. The highest BCUT2D eigenvalue weighted by molar-refractivity contribution is 6.04. The summed E-state index contributed by atoms with van der Waals surface area (Å²) in [6, 6.07) is 12.2. The van der Waals surface area contributed by atoms with E-state index in [9.17, 15) is 9.90 Å². The lowest BCUT2D eigenvalue weighted by Gasteiger charge is -2.10. The number of nitrogens with one attached hydrogen (secondary N) is 1. The van der Waals surface area contributed by atoms with Crippen molar-refractivity contribution in [1.29, 1.82) is 0 Å². The first-order valence-electron chi connectivity index (χ1n) is 6.00. The summed E-state index contributed by atoms with van der Waals surface area (Å²) in [5.41, 5.74) is 8.32. The van der Waals surface area contributed by atoms with E-state index >= 15 is 0 Å². The fraction of sp³-hybridized carbons (Fsp3) is 0.133. The molecule has 4 nitrogen and oxygen atoms in total. The van der Waals surface area contributed by atoms with Gasteiger partial charge >= 0.3 is 0 Å². The summed E-state index contributed by atoms with van der Waals surface area (Å²) in [7, 11) is 0. The third-order valence-corrected chi connectivity index (χ3v) is 2.96. The second-order valence-corrected chi connectivity index (χ2v) is 4.32. The number of carbonyl (C=O) groups excluding carboxylic acids is 1. The van der Waals surface area contributed by atoms with Crippen LogP contribution >= 0.6 is 0 Å². The van der Waals surface area contributed by atoms with Gasteiger partial charge in [0.15, 0.2) is 0 Å². The Labute approximate surface area is 111 Å². The molecule has 0 aliphatic heterocycles. The molecule has 1 amide bonds. The van der Waals surface area contributed by atoms with E-state index in [-0.39, 0.29) is 11.7 Å². The fourth-order valence-corrected chi connectivity index (χ4v) is 1.77. The standard InChI is InChI=1S/C15H16N2O2/c1-10-6-7-11(8-14(10)18)15(19)17-13-5-3-2-4-12(13)9-16/h2-8,18H,9,16H2,1H3,(H,17,19). The first kappa shape index (κ1) is 13.1. The molecule has 0 saturated carbocycles. The van der Waals surface area contributed by atoms with Crippen molar-refractivity contribution in [2.24, 2.45) is 5.73 Å². The van der Waals surface area contributed by atoms with Crippen molar-refractivity contribution < 1.29 is 9.90 Å². The van der Waals surface area contributed by atoms with Gasteiger partial charge in [-0.3, -0.25) is 4.79 Å². The Balaban J connectivity index is 2.23. The van der Waals surface area contributed by atoms with Crippen LogP contribution in [0.25, 0.3) is 0 Å². The van der Waals surface area contributed by atoms with Gasteiger partial charge < -0.3 is 16.2 Å². The van der Waals surface area contributed by atoms with Crippen LogP contribution in [0.1, 0.15) is 21.5 Å². The molecule has 0 heterocycles. The average Bonchev–Trinajstić information content (AvgIpc) is 2.42. The minimum Gasteiger partial charge on any atom is -0.508 e. The molecule has 98 valence electrons. The van der Waals surface area contributed by atoms with Crippen molar-refractivity contribution in [1.82, 2.24) is 0 Å². The van der Waals surface area contributed by atoms with E-state index in [1.165, 1.54) is 6.07 Å². The molecule has 2 aromatic carbocycles. The number of rotatable bonds is 3. The van der Waals surface area contributed by atoms with Crippen molar-refractivity contribution in [3.05, 3.63) is 59.2 Å². The zero-order valence-electron chi connectivity index (χ0n) is 10.7. The van der Waals surface area contributed by atoms with E-state index in [1.807, 2.05) is 18.2 Å². The molecule has 0 aliphatic rings. The van der Waals surface area contributed by atoms with Crippen LogP contribution in [0.3, 0.4) is 0 Å². The summed E-state index contributed by atoms with van der Waals surface area (Å²) in [6.07, 6.45) is 0. The second-order valence-electron chi connectivity index (χ2n) is 4.32. The molecule has 0 atom stereocenters. The SMILES string of the molecule is Cc1ccc(C(=O)Nc2ccccc2CN)cc1O. The van der Waals surface area contributed by atoms with Crippen LogP contribution in [0.15, 0.2) is 42.5 Å². The Bertz CT molecular complexity index is 609. The molecule has 4 N–H and O–H groups in total. The van der Waals surface area contributed by atoms with Gasteiger partial charge in [0.05, 0.1) is 0 Å². The maximum atomic E-state index is 12.1. The Kier molecular flexibility index (Phi) is 3.82. The first-order chi connectivity index (χ1) is 9.11. The molecule has 4 heteroatoms. The number of hydrogen-bond donors (Lipinski definition) is 3. The molecule has 2 aromatic rings. The van der Waals surface area contributed by atoms with Gasteiger partial charge in [-0.2, -0.15) is 0 Å². The summed E-state index contributed by atoms with van der Waals surface area (Å²) < 4.78 is 0. The molecule has 0 saturated heterocycles. The van der Waals surface area contributed by atoms with Crippen LogP contribution in [-0.2, 0) is 6.54 Å². The van der Waals surface area contributed by atoms with Gasteiger partial charge in [-0.05, 0) is 36.2 Å². The number of phenolic OH excluding ortho intramolecular Hbond substituents is 1. The third kappa shape index (κ3) is 2.92. The van der Waals surface area contributed by atoms with E-state index in [1.54, 1.807) is 25.1 Å². The van der Waals surface area contributed by atoms with E-state index in [0.29, 0.717) is 17.8 Å². The lowest BCUT2D eigenvalue weighted by atomic mass is 10.1. The molecule has 0 spiro atoms. The number of hydrogen-bond acceptors (Lipinski definition) is 3.